The number of rotatable bonds is 7. The standard InChI is InChI=1S/C20H30/c1-7-10-12-13-19(15-17(4)5)16-20(14-11-8-2)18(6)9-3/h9,11-14,16H,7-8,10H2,1-6H3. The third kappa shape index (κ3) is 8.56. The monoisotopic (exact) mass is 270 g/mol. The summed E-state index contributed by atoms with van der Waals surface area (Å²) in [5.74, 6) is 0. The zero-order valence-corrected chi connectivity index (χ0v) is 14.1. The molecule has 0 N–H and O–H groups in total. The molecule has 0 saturated carbocycles. The quantitative estimate of drug-likeness (QED) is 0.357. The van der Waals surface area contributed by atoms with Gasteiger partial charge in [0.25, 0.3) is 0 Å². The van der Waals surface area contributed by atoms with Crippen LogP contribution >= 0.6 is 0 Å². The van der Waals surface area contributed by atoms with E-state index in [-0.39, 0.29) is 0 Å². The summed E-state index contributed by atoms with van der Waals surface area (Å²) in [6.07, 6.45) is 16.5. The molecular formula is C20H30. The number of hydrogen-bond donors (Lipinski definition) is 0. The lowest BCUT2D eigenvalue weighted by Gasteiger charge is -2.03. The fraction of sp³-hybridized carbons (Fsp3) is 0.450. The summed E-state index contributed by atoms with van der Waals surface area (Å²) >= 11 is 0. The van der Waals surface area contributed by atoms with Gasteiger partial charge in [0.05, 0.1) is 0 Å². The molecule has 0 aromatic carbocycles. The first-order valence-electron chi connectivity index (χ1n) is 7.67. The Balaban J connectivity index is 5.60. The van der Waals surface area contributed by atoms with Gasteiger partial charge in [0.2, 0.25) is 0 Å². The summed E-state index contributed by atoms with van der Waals surface area (Å²) in [5.41, 5.74) is 8.35. The second-order valence-electron chi connectivity index (χ2n) is 5.15. The molecule has 0 fully saturated rings. The largest absolute Gasteiger partial charge is 0.114 e. The molecule has 0 amide bonds. The Morgan fingerprint density at radius 3 is 2.20 bits per heavy atom. The third-order valence-electron chi connectivity index (χ3n) is 2.88. The van der Waals surface area contributed by atoms with Crippen molar-refractivity contribution in [3.05, 3.63) is 64.5 Å². The Kier molecular flexibility index (Phi) is 10.5. The van der Waals surface area contributed by atoms with E-state index in [1.165, 1.54) is 23.1 Å². The lowest BCUT2D eigenvalue weighted by molar-refractivity contribution is 0.958. The molecule has 0 radical (unpaired) electrons. The highest BCUT2D eigenvalue weighted by Gasteiger charge is 1.96. The second kappa shape index (κ2) is 11.3. The molecule has 0 spiro atoms. The zero-order valence-electron chi connectivity index (χ0n) is 14.1. The molecule has 0 aromatic rings. The van der Waals surface area contributed by atoms with Gasteiger partial charge < -0.3 is 0 Å². The predicted octanol–water partition coefficient (Wildman–Crippen LogP) is 6.69. The Morgan fingerprint density at radius 1 is 1.00 bits per heavy atom. The summed E-state index contributed by atoms with van der Waals surface area (Å²) in [5, 5.41) is 0. The van der Waals surface area contributed by atoms with Crippen molar-refractivity contribution in [3.8, 4) is 0 Å². The van der Waals surface area contributed by atoms with Gasteiger partial charge in [-0.25, -0.2) is 0 Å². The summed E-state index contributed by atoms with van der Waals surface area (Å²) in [6.45, 7) is 12.8. The molecule has 0 aromatic heterocycles. The van der Waals surface area contributed by atoms with E-state index in [2.05, 4.69) is 83.7 Å². The number of hydrogen-bond acceptors (Lipinski definition) is 0. The fourth-order valence-corrected chi connectivity index (χ4v) is 1.66. The van der Waals surface area contributed by atoms with Crippen LogP contribution in [0.5, 0.6) is 0 Å². The van der Waals surface area contributed by atoms with Gasteiger partial charge >= 0.3 is 0 Å². The molecule has 0 saturated heterocycles. The highest BCUT2D eigenvalue weighted by Crippen LogP contribution is 2.15. The average Bonchev–Trinajstić information content (AvgIpc) is 2.41. The topological polar surface area (TPSA) is 0 Å². The van der Waals surface area contributed by atoms with E-state index in [1.54, 1.807) is 0 Å². The van der Waals surface area contributed by atoms with Crippen LogP contribution in [0.2, 0.25) is 0 Å². The van der Waals surface area contributed by atoms with Crippen LogP contribution in [0.4, 0.5) is 0 Å². The maximum Gasteiger partial charge on any atom is 0.0166 e. The van der Waals surface area contributed by atoms with Crippen molar-refractivity contribution >= 4 is 0 Å². The molecule has 0 atom stereocenters. The van der Waals surface area contributed by atoms with Crippen LogP contribution in [0.25, 0.3) is 0 Å². The Morgan fingerprint density at radius 2 is 1.70 bits per heavy atom. The third-order valence-corrected chi connectivity index (χ3v) is 2.88. The zero-order chi connectivity index (χ0) is 15.4. The van der Waals surface area contributed by atoms with Gasteiger partial charge in [0.15, 0.2) is 0 Å². The molecule has 0 bridgehead atoms. The predicted molar refractivity (Wildman–Crippen MR) is 92.9 cm³/mol. The summed E-state index contributed by atoms with van der Waals surface area (Å²) in [7, 11) is 0. The van der Waals surface area contributed by atoms with Gasteiger partial charge in [-0.3, -0.25) is 0 Å². The van der Waals surface area contributed by atoms with Crippen molar-refractivity contribution in [2.45, 2.75) is 60.8 Å². The van der Waals surface area contributed by atoms with E-state index in [1.807, 2.05) is 0 Å². The summed E-state index contributed by atoms with van der Waals surface area (Å²) < 4.78 is 0. The van der Waals surface area contributed by atoms with Crippen LogP contribution in [0.3, 0.4) is 0 Å². The van der Waals surface area contributed by atoms with Crippen molar-refractivity contribution in [2.75, 3.05) is 0 Å². The molecule has 0 nitrogen and oxygen atoms in total. The van der Waals surface area contributed by atoms with Crippen LogP contribution in [0, 0.1) is 0 Å². The minimum absolute atomic E-state index is 1.06. The first kappa shape index (κ1) is 18.5. The van der Waals surface area contributed by atoms with Crippen LogP contribution in [0.1, 0.15) is 60.8 Å². The van der Waals surface area contributed by atoms with Gasteiger partial charge in [-0.2, -0.15) is 0 Å². The van der Waals surface area contributed by atoms with E-state index in [9.17, 15) is 0 Å². The van der Waals surface area contributed by atoms with E-state index in [0.717, 1.165) is 18.4 Å². The smallest absolute Gasteiger partial charge is 0.0166 e. The van der Waals surface area contributed by atoms with Gasteiger partial charge in [-0.15, -0.1) is 5.73 Å². The van der Waals surface area contributed by atoms with Gasteiger partial charge in [0, 0.05) is 5.57 Å². The van der Waals surface area contributed by atoms with Crippen LogP contribution < -0.4 is 0 Å². The van der Waals surface area contributed by atoms with E-state index >= 15 is 0 Å². The lowest BCUT2D eigenvalue weighted by Crippen LogP contribution is -1.83. The lowest BCUT2D eigenvalue weighted by atomic mass is 10.0. The van der Waals surface area contributed by atoms with Crippen molar-refractivity contribution in [2.24, 2.45) is 0 Å². The number of allylic oxidation sites excluding steroid dienone is 9. The van der Waals surface area contributed by atoms with Gasteiger partial charge in [-0.1, -0.05) is 50.6 Å². The van der Waals surface area contributed by atoms with E-state index in [4.69, 9.17) is 0 Å². The minimum atomic E-state index is 1.06. The van der Waals surface area contributed by atoms with Gasteiger partial charge in [-0.05, 0) is 63.3 Å². The first-order valence-corrected chi connectivity index (χ1v) is 7.67. The van der Waals surface area contributed by atoms with E-state index in [0.29, 0.717) is 0 Å². The molecule has 0 heterocycles. The second-order valence-corrected chi connectivity index (χ2v) is 5.15. The Bertz CT molecular complexity index is 454. The van der Waals surface area contributed by atoms with Crippen LogP contribution in [0.15, 0.2) is 64.5 Å². The summed E-state index contributed by atoms with van der Waals surface area (Å²) in [6, 6.07) is 0. The van der Waals surface area contributed by atoms with Gasteiger partial charge in [0.1, 0.15) is 0 Å². The van der Waals surface area contributed by atoms with Crippen LogP contribution in [-0.2, 0) is 0 Å². The molecule has 0 aliphatic heterocycles. The molecule has 20 heavy (non-hydrogen) atoms. The molecule has 0 aliphatic carbocycles. The fourth-order valence-electron chi connectivity index (χ4n) is 1.66. The molecule has 0 heteroatoms. The SMILES string of the molecule is CC=C(C)C(C=CCC)=CC(=C=C(C)C)C=CCCC. The first-order chi connectivity index (χ1) is 9.54. The van der Waals surface area contributed by atoms with Crippen molar-refractivity contribution < 1.29 is 0 Å². The van der Waals surface area contributed by atoms with Crippen molar-refractivity contribution in [3.63, 3.8) is 0 Å². The highest BCUT2D eigenvalue weighted by atomic mass is 14.0. The van der Waals surface area contributed by atoms with Crippen molar-refractivity contribution in [1.29, 1.82) is 0 Å². The average molecular weight is 270 g/mol. The Hall–Kier alpha value is -1.52. The molecule has 0 rings (SSSR count). The highest BCUT2D eigenvalue weighted by molar-refractivity contribution is 5.46. The summed E-state index contributed by atoms with van der Waals surface area (Å²) in [4.78, 5) is 0. The maximum atomic E-state index is 3.43. The normalized spacial score (nSPS) is 13.1. The number of unbranched alkanes of at least 4 members (excludes halogenated alkanes) is 1. The maximum absolute atomic E-state index is 3.43. The Labute approximate surface area is 126 Å². The minimum Gasteiger partial charge on any atom is -0.114 e. The molecule has 110 valence electrons. The van der Waals surface area contributed by atoms with E-state index < -0.39 is 0 Å². The molecule has 0 aliphatic rings. The van der Waals surface area contributed by atoms with Crippen LogP contribution in [-0.4, -0.2) is 0 Å². The molecular weight excluding hydrogens is 240 g/mol. The van der Waals surface area contributed by atoms with Crippen molar-refractivity contribution in [1.82, 2.24) is 0 Å². The molecule has 0 unspecified atom stereocenters.